The number of nitrogens with one attached hydrogen (secondary N) is 1. The lowest BCUT2D eigenvalue weighted by Gasteiger charge is -2.24. The quantitative estimate of drug-likeness (QED) is 0.840. The van der Waals surface area contributed by atoms with Crippen LogP contribution in [0.5, 0.6) is 0 Å². The van der Waals surface area contributed by atoms with Gasteiger partial charge in [-0.15, -0.1) is 10.2 Å². The molecule has 2 N–H and O–H groups in total. The molecule has 3 heterocycles. The number of aliphatic hydroxyl groups is 1. The molecule has 9 nitrogen and oxygen atoms in total. The third kappa shape index (κ3) is 4.17. The van der Waals surface area contributed by atoms with E-state index >= 15 is 0 Å². The van der Waals surface area contributed by atoms with Gasteiger partial charge in [-0.2, -0.15) is 0 Å². The molecule has 140 valence electrons. The summed E-state index contributed by atoms with van der Waals surface area (Å²) in [5, 5.41) is 20.9. The van der Waals surface area contributed by atoms with Crippen molar-refractivity contribution in [1.29, 1.82) is 0 Å². The van der Waals surface area contributed by atoms with E-state index in [1.807, 2.05) is 37.9 Å². The number of aliphatic hydroxyl groups excluding tert-OH is 1. The first-order valence-corrected chi connectivity index (χ1v) is 8.50. The number of likely N-dealkylation sites (tertiary alicyclic amines) is 1. The van der Waals surface area contributed by atoms with Crippen LogP contribution in [-0.2, 0) is 6.54 Å². The van der Waals surface area contributed by atoms with Gasteiger partial charge in [0, 0.05) is 19.2 Å². The molecule has 1 fully saturated rings. The van der Waals surface area contributed by atoms with E-state index in [1.165, 1.54) is 0 Å². The van der Waals surface area contributed by atoms with Gasteiger partial charge in [-0.1, -0.05) is 0 Å². The van der Waals surface area contributed by atoms with Crippen molar-refractivity contribution >= 4 is 11.8 Å². The number of urea groups is 1. The van der Waals surface area contributed by atoms with Crippen molar-refractivity contribution in [3.63, 3.8) is 0 Å². The molecular weight excluding hydrogens is 336 g/mol. The summed E-state index contributed by atoms with van der Waals surface area (Å²) in [6.07, 6.45) is -0.651. The maximum absolute atomic E-state index is 12.5. The third-order valence-corrected chi connectivity index (χ3v) is 4.40. The molecule has 2 amide bonds. The molecule has 0 spiro atoms. The van der Waals surface area contributed by atoms with Crippen LogP contribution in [0.2, 0.25) is 0 Å². The number of β-amino-alcohol motifs (C(OH)–C–C–N with tert-alkyl or cyclic N) is 1. The molecule has 1 aliphatic heterocycles. The zero-order chi connectivity index (χ0) is 18.8. The van der Waals surface area contributed by atoms with Gasteiger partial charge in [0.15, 0.2) is 0 Å². The number of aryl methyl sites for hydroxylation is 3. The number of hydrogen-bond donors (Lipinski definition) is 2. The van der Waals surface area contributed by atoms with Gasteiger partial charge in [0.1, 0.15) is 5.82 Å². The molecule has 2 atom stereocenters. The van der Waals surface area contributed by atoms with Crippen molar-refractivity contribution < 1.29 is 14.3 Å². The molecule has 0 saturated carbocycles. The predicted molar refractivity (Wildman–Crippen MR) is 94.6 cm³/mol. The number of aromatic nitrogens is 3. The largest absolute Gasteiger partial charge is 0.424 e. The van der Waals surface area contributed by atoms with Crippen LogP contribution in [0, 0.1) is 20.8 Å². The van der Waals surface area contributed by atoms with Gasteiger partial charge in [-0.25, -0.2) is 9.78 Å². The summed E-state index contributed by atoms with van der Waals surface area (Å²) in [4.78, 5) is 20.3. The fourth-order valence-corrected chi connectivity index (χ4v) is 3.19. The zero-order valence-corrected chi connectivity index (χ0v) is 15.4. The lowest BCUT2D eigenvalue weighted by atomic mass is 10.2. The summed E-state index contributed by atoms with van der Waals surface area (Å²) in [6, 6.07) is 3.28. The normalized spacial score (nSPS) is 20.0. The highest BCUT2D eigenvalue weighted by Gasteiger charge is 2.37. The van der Waals surface area contributed by atoms with Gasteiger partial charge in [-0.05, 0) is 38.6 Å². The lowest BCUT2D eigenvalue weighted by Crippen LogP contribution is -2.41. The summed E-state index contributed by atoms with van der Waals surface area (Å²) in [5.74, 6) is 1.50. The third-order valence-electron chi connectivity index (χ3n) is 4.40. The van der Waals surface area contributed by atoms with Crippen molar-refractivity contribution in [1.82, 2.24) is 25.0 Å². The molecular formula is C17H24N6O3. The van der Waals surface area contributed by atoms with E-state index in [1.54, 1.807) is 11.8 Å². The van der Waals surface area contributed by atoms with Crippen molar-refractivity contribution in [2.75, 3.05) is 25.5 Å². The Hall–Kier alpha value is -2.52. The second-order valence-corrected chi connectivity index (χ2v) is 6.77. The number of likely N-dealkylation sites (N-methyl/N-ethyl adjacent to an activating group) is 1. The zero-order valence-electron chi connectivity index (χ0n) is 15.4. The van der Waals surface area contributed by atoms with E-state index in [2.05, 4.69) is 20.5 Å². The van der Waals surface area contributed by atoms with Crippen molar-refractivity contribution in [2.24, 2.45) is 0 Å². The van der Waals surface area contributed by atoms with Crippen molar-refractivity contribution in [2.45, 2.75) is 39.5 Å². The molecule has 0 radical (unpaired) electrons. The van der Waals surface area contributed by atoms with Crippen LogP contribution in [0.3, 0.4) is 0 Å². The number of pyridine rings is 1. The summed E-state index contributed by atoms with van der Waals surface area (Å²) >= 11 is 0. The fraction of sp³-hybridized carbons (Fsp3) is 0.529. The summed E-state index contributed by atoms with van der Waals surface area (Å²) in [5.41, 5.74) is 1.87. The first-order valence-electron chi connectivity index (χ1n) is 8.50. The van der Waals surface area contributed by atoms with Crippen LogP contribution in [0.15, 0.2) is 16.5 Å². The summed E-state index contributed by atoms with van der Waals surface area (Å²) in [7, 11) is 1.86. The second kappa shape index (κ2) is 7.38. The molecule has 2 aromatic rings. The average molecular weight is 360 g/mol. The van der Waals surface area contributed by atoms with E-state index in [-0.39, 0.29) is 18.6 Å². The first kappa shape index (κ1) is 18.3. The Labute approximate surface area is 152 Å². The van der Waals surface area contributed by atoms with Crippen LogP contribution < -0.4 is 5.32 Å². The Morgan fingerprint density at radius 1 is 1.35 bits per heavy atom. The number of amides is 2. The van der Waals surface area contributed by atoms with Gasteiger partial charge < -0.3 is 14.4 Å². The standard InChI is InChI=1S/C17H24N6O3/c1-10-5-11(2)18-15(6-10)19-17(25)23-7-13(14(24)8-23)22(4)9-16-21-20-12(3)26-16/h5-6,13-14,24H,7-9H2,1-4H3,(H,18,19,25)/t13-,14+/m0/s1. The Kier molecular flexibility index (Phi) is 5.19. The van der Waals surface area contributed by atoms with Crippen molar-refractivity contribution in [3.05, 3.63) is 35.2 Å². The molecule has 0 aromatic carbocycles. The minimum absolute atomic E-state index is 0.208. The molecule has 1 saturated heterocycles. The second-order valence-electron chi connectivity index (χ2n) is 6.77. The fourth-order valence-electron chi connectivity index (χ4n) is 3.19. The SMILES string of the molecule is Cc1cc(C)nc(NC(=O)N2C[C@@H](O)[C@@H](N(C)Cc3nnc(C)o3)C2)c1. The number of nitrogens with zero attached hydrogens (tertiary/aromatic N) is 5. The Balaban J connectivity index is 1.61. The number of carbonyl (C=O) groups excluding carboxylic acids is 1. The molecule has 2 aromatic heterocycles. The number of carbonyl (C=O) groups is 1. The molecule has 0 aliphatic carbocycles. The van der Waals surface area contributed by atoms with Gasteiger partial charge in [0.25, 0.3) is 0 Å². The smallest absolute Gasteiger partial charge is 0.323 e. The topological polar surface area (TPSA) is 108 Å². The molecule has 1 aliphatic rings. The maximum Gasteiger partial charge on any atom is 0.323 e. The monoisotopic (exact) mass is 360 g/mol. The van der Waals surface area contributed by atoms with Gasteiger partial charge >= 0.3 is 6.03 Å². The van der Waals surface area contributed by atoms with E-state index in [4.69, 9.17) is 4.42 Å². The van der Waals surface area contributed by atoms with E-state index in [9.17, 15) is 9.90 Å². The van der Waals surface area contributed by atoms with Crippen LogP contribution >= 0.6 is 0 Å². The predicted octanol–water partition coefficient (Wildman–Crippen LogP) is 1.10. The molecule has 9 heteroatoms. The van der Waals surface area contributed by atoms with Gasteiger partial charge in [-0.3, -0.25) is 10.2 Å². The Morgan fingerprint density at radius 3 is 2.77 bits per heavy atom. The summed E-state index contributed by atoms with van der Waals surface area (Å²) in [6.45, 7) is 6.64. The number of anilines is 1. The summed E-state index contributed by atoms with van der Waals surface area (Å²) < 4.78 is 5.38. The highest BCUT2D eigenvalue weighted by molar-refractivity contribution is 5.88. The average Bonchev–Trinajstić information content (AvgIpc) is 3.12. The number of rotatable bonds is 4. The molecule has 3 rings (SSSR count). The molecule has 26 heavy (non-hydrogen) atoms. The highest BCUT2D eigenvalue weighted by atomic mass is 16.4. The maximum atomic E-state index is 12.5. The van der Waals surface area contributed by atoms with Crippen LogP contribution in [-0.4, -0.2) is 68.4 Å². The first-order chi connectivity index (χ1) is 12.3. The van der Waals surface area contributed by atoms with Gasteiger partial charge in [0.2, 0.25) is 11.8 Å². The van der Waals surface area contributed by atoms with Crippen LogP contribution in [0.25, 0.3) is 0 Å². The highest BCUT2D eigenvalue weighted by Crippen LogP contribution is 2.19. The Morgan fingerprint density at radius 2 is 2.12 bits per heavy atom. The van der Waals surface area contributed by atoms with Crippen LogP contribution in [0.4, 0.5) is 10.6 Å². The minimum atomic E-state index is -0.651. The number of hydrogen-bond acceptors (Lipinski definition) is 7. The molecule has 0 unspecified atom stereocenters. The lowest BCUT2D eigenvalue weighted by molar-refractivity contribution is 0.0900. The van der Waals surface area contributed by atoms with Gasteiger partial charge in [0.05, 0.1) is 25.2 Å². The Bertz CT molecular complexity index is 772. The molecule has 0 bridgehead atoms. The van der Waals surface area contributed by atoms with Crippen LogP contribution in [0.1, 0.15) is 23.0 Å². The van der Waals surface area contributed by atoms with E-state index in [0.717, 1.165) is 11.3 Å². The van der Waals surface area contributed by atoms with E-state index < -0.39 is 6.10 Å². The van der Waals surface area contributed by atoms with E-state index in [0.29, 0.717) is 30.7 Å². The van der Waals surface area contributed by atoms with Crippen molar-refractivity contribution in [3.8, 4) is 0 Å². The minimum Gasteiger partial charge on any atom is -0.424 e.